The lowest BCUT2D eigenvalue weighted by Gasteiger charge is -2.30. The topological polar surface area (TPSA) is 87.7 Å². The van der Waals surface area contributed by atoms with Crippen molar-refractivity contribution >= 4 is 55.9 Å². The number of carbonyl (C=O) groups is 1. The predicted octanol–water partition coefficient (Wildman–Crippen LogP) is 4.22. The standard InChI is InChI=1S/C22H22ClN3O4S2/c23-18-5-1-2-6-19(18)25-32(28,29)21-14-16(24-22(27)15-17-4-3-13-31-17)7-8-20(21)26-9-11-30-12-10-26/h1-8,13-14,25H,9-12,15H2,(H,24,27). The van der Waals surface area contributed by atoms with E-state index in [1.165, 1.54) is 17.4 Å². The number of halogens is 1. The molecule has 1 amide bonds. The molecule has 7 nitrogen and oxygen atoms in total. The summed E-state index contributed by atoms with van der Waals surface area (Å²) in [5.41, 5.74) is 1.24. The first-order chi connectivity index (χ1) is 15.4. The van der Waals surface area contributed by atoms with Crippen LogP contribution in [-0.4, -0.2) is 40.6 Å². The Kier molecular flexibility index (Phi) is 7.00. The summed E-state index contributed by atoms with van der Waals surface area (Å²) in [6.45, 7) is 2.16. The molecule has 2 heterocycles. The van der Waals surface area contributed by atoms with Crippen LogP contribution >= 0.6 is 22.9 Å². The zero-order valence-corrected chi connectivity index (χ0v) is 19.5. The van der Waals surface area contributed by atoms with Gasteiger partial charge in [0.1, 0.15) is 4.90 Å². The number of hydrogen-bond donors (Lipinski definition) is 2. The number of nitrogens with one attached hydrogen (secondary N) is 2. The van der Waals surface area contributed by atoms with E-state index in [1.807, 2.05) is 22.4 Å². The van der Waals surface area contributed by atoms with Crippen LogP contribution in [0, 0.1) is 0 Å². The summed E-state index contributed by atoms with van der Waals surface area (Å²) in [5.74, 6) is -0.214. The number of morpholine rings is 1. The summed E-state index contributed by atoms with van der Waals surface area (Å²) in [6.07, 6.45) is 0.225. The van der Waals surface area contributed by atoms with E-state index in [9.17, 15) is 13.2 Å². The molecule has 1 aromatic heterocycles. The molecule has 1 saturated heterocycles. The first kappa shape index (κ1) is 22.6. The van der Waals surface area contributed by atoms with Gasteiger partial charge in [0.2, 0.25) is 5.91 Å². The zero-order valence-electron chi connectivity index (χ0n) is 17.1. The number of amides is 1. The van der Waals surface area contributed by atoms with Crippen molar-refractivity contribution < 1.29 is 17.9 Å². The van der Waals surface area contributed by atoms with Crippen molar-refractivity contribution in [1.82, 2.24) is 0 Å². The van der Waals surface area contributed by atoms with E-state index >= 15 is 0 Å². The molecule has 1 aliphatic heterocycles. The molecule has 0 spiro atoms. The third kappa shape index (κ3) is 5.42. The molecule has 168 valence electrons. The van der Waals surface area contributed by atoms with Crippen LogP contribution in [0.5, 0.6) is 0 Å². The Bertz CT molecular complexity index is 1190. The molecule has 1 aliphatic rings. The molecule has 4 rings (SSSR count). The maximum atomic E-state index is 13.4. The Morgan fingerprint density at radius 2 is 1.88 bits per heavy atom. The number of thiophene rings is 1. The lowest BCUT2D eigenvalue weighted by molar-refractivity contribution is -0.115. The fraction of sp³-hybridized carbons (Fsp3) is 0.227. The van der Waals surface area contributed by atoms with Gasteiger partial charge in [-0.05, 0) is 41.8 Å². The number of nitrogens with zero attached hydrogens (tertiary/aromatic N) is 1. The van der Waals surface area contributed by atoms with Crippen molar-refractivity contribution in [1.29, 1.82) is 0 Å². The van der Waals surface area contributed by atoms with Gasteiger partial charge in [0.05, 0.1) is 36.0 Å². The van der Waals surface area contributed by atoms with Gasteiger partial charge >= 0.3 is 0 Å². The van der Waals surface area contributed by atoms with Crippen molar-refractivity contribution in [2.24, 2.45) is 0 Å². The summed E-state index contributed by atoms with van der Waals surface area (Å²) in [5, 5.41) is 5.01. The largest absolute Gasteiger partial charge is 0.378 e. The van der Waals surface area contributed by atoms with Crippen molar-refractivity contribution in [2.75, 3.05) is 41.2 Å². The second-order valence-electron chi connectivity index (χ2n) is 7.17. The summed E-state index contributed by atoms with van der Waals surface area (Å²) < 4.78 is 34.7. The summed E-state index contributed by atoms with van der Waals surface area (Å²) in [7, 11) is -3.99. The van der Waals surface area contributed by atoms with Crippen molar-refractivity contribution in [2.45, 2.75) is 11.3 Å². The van der Waals surface area contributed by atoms with Crippen LogP contribution in [0.1, 0.15) is 4.88 Å². The van der Waals surface area contributed by atoms with Gasteiger partial charge in [0.25, 0.3) is 10.0 Å². The van der Waals surface area contributed by atoms with Gasteiger partial charge in [-0.3, -0.25) is 9.52 Å². The van der Waals surface area contributed by atoms with Crippen molar-refractivity contribution in [3.05, 3.63) is 69.9 Å². The van der Waals surface area contributed by atoms with Gasteiger partial charge in [-0.2, -0.15) is 0 Å². The van der Waals surface area contributed by atoms with Gasteiger partial charge in [-0.1, -0.05) is 29.8 Å². The molecule has 32 heavy (non-hydrogen) atoms. The van der Waals surface area contributed by atoms with E-state index in [1.54, 1.807) is 36.4 Å². The third-order valence-corrected chi connectivity index (χ3v) is 7.52. The quantitative estimate of drug-likeness (QED) is 0.516. The first-order valence-electron chi connectivity index (χ1n) is 9.99. The van der Waals surface area contributed by atoms with Crippen LogP contribution < -0.4 is 14.9 Å². The van der Waals surface area contributed by atoms with E-state index in [-0.39, 0.29) is 22.9 Å². The molecule has 0 atom stereocenters. The maximum absolute atomic E-state index is 13.4. The van der Waals surface area contributed by atoms with Crippen LogP contribution in [0.15, 0.2) is 64.9 Å². The summed E-state index contributed by atoms with van der Waals surface area (Å²) in [6, 6.07) is 15.3. The van der Waals surface area contributed by atoms with Crippen LogP contribution in [0.3, 0.4) is 0 Å². The van der Waals surface area contributed by atoms with Crippen LogP contribution in [0.2, 0.25) is 5.02 Å². The highest BCUT2D eigenvalue weighted by atomic mass is 35.5. The minimum atomic E-state index is -3.99. The van der Waals surface area contributed by atoms with Gasteiger partial charge in [-0.25, -0.2) is 8.42 Å². The fourth-order valence-electron chi connectivity index (χ4n) is 3.39. The monoisotopic (exact) mass is 491 g/mol. The molecule has 0 radical (unpaired) electrons. The third-order valence-electron chi connectivity index (χ3n) is 4.92. The van der Waals surface area contributed by atoms with Crippen LogP contribution in [0.25, 0.3) is 0 Å². The predicted molar refractivity (Wildman–Crippen MR) is 128 cm³/mol. The highest BCUT2D eigenvalue weighted by Crippen LogP contribution is 2.32. The lowest BCUT2D eigenvalue weighted by atomic mass is 10.2. The fourth-order valence-corrected chi connectivity index (χ4v) is 5.67. The molecule has 10 heteroatoms. The maximum Gasteiger partial charge on any atom is 0.264 e. The number of rotatable bonds is 7. The summed E-state index contributed by atoms with van der Waals surface area (Å²) in [4.78, 5) is 15.4. The van der Waals surface area contributed by atoms with Gasteiger partial charge < -0.3 is 15.0 Å². The number of carbonyl (C=O) groups excluding carboxylic acids is 1. The number of ether oxygens (including phenoxy) is 1. The molecule has 0 unspecified atom stereocenters. The Morgan fingerprint density at radius 1 is 1.09 bits per heavy atom. The molecule has 2 aromatic carbocycles. The normalized spacial score (nSPS) is 14.2. The van der Waals surface area contributed by atoms with Gasteiger partial charge in [-0.15, -0.1) is 11.3 Å². The molecule has 1 fully saturated rings. The van der Waals surface area contributed by atoms with Crippen LogP contribution in [0.4, 0.5) is 17.1 Å². The molecule has 0 aliphatic carbocycles. The summed E-state index contributed by atoms with van der Waals surface area (Å²) >= 11 is 7.66. The smallest absolute Gasteiger partial charge is 0.264 e. The van der Waals surface area contributed by atoms with Crippen molar-refractivity contribution in [3.63, 3.8) is 0 Å². The Hall–Kier alpha value is -2.59. The minimum absolute atomic E-state index is 0.0632. The second-order valence-corrected chi connectivity index (χ2v) is 10.3. The molecule has 0 bridgehead atoms. The van der Waals surface area contributed by atoms with Crippen molar-refractivity contribution in [3.8, 4) is 0 Å². The average Bonchev–Trinajstić information content (AvgIpc) is 3.29. The lowest BCUT2D eigenvalue weighted by Crippen LogP contribution is -2.37. The Labute approximate surface area is 196 Å². The zero-order chi connectivity index (χ0) is 22.6. The number of benzene rings is 2. The average molecular weight is 492 g/mol. The molecule has 2 N–H and O–H groups in total. The minimum Gasteiger partial charge on any atom is -0.378 e. The SMILES string of the molecule is O=C(Cc1cccs1)Nc1ccc(N2CCOCC2)c(S(=O)(=O)Nc2ccccc2Cl)c1. The highest BCUT2D eigenvalue weighted by Gasteiger charge is 2.25. The van der Waals surface area contributed by atoms with E-state index in [2.05, 4.69) is 10.0 Å². The van der Waals surface area contributed by atoms with E-state index in [0.717, 1.165) is 4.88 Å². The molecule has 3 aromatic rings. The Morgan fingerprint density at radius 3 is 2.59 bits per heavy atom. The number of para-hydroxylation sites is 1. The molecular formula is C22H22ClN3O4S2. The molecular weight excluding hydrogens is 470 g/mol. The number of anilines is 3. The van der Waals surface area contributed by atoms with E-state index < -0.39 is 10.0 Å². The van der Waals surface area contributed by atoms with Gasteiger partial charge in [0.15, 0.2) is 0 Å². The molecule has 0 saturated carbocycles. The highest BCUT2D eigenvalue weighted by molar-refractivity contribution is 7.93. The number of sulfonamides is 1. The van der Waals surface area contributed by atoms with E-state index in [0.29, 0.717) is 42.7 Å². The van der Waals surface area contributed by atoms with Gasteiger partial charge in [0, 0.05) is 23.7 Å². The number of hydrogen-bond acceptors (Lipinski definition) is 6. The first-order valence-corrected chi connectivity index (χ1v) is 12.7. The van der Waals surface area contributed by atoms with E-state index in [4.69, 9.17) is 16.3 Å². The second kappa shape index (κ2) is 9.91. The van der Waals surface area contributed by atoms with Crippen LogP contribution in [-0.2, 0) is 26.0 Å². The Balaban J connectivity index is 1.65.